The second kappa shape index (κ2) is 8.54. The number of hydrogen-bond donors (Lipinski definition) is 1. The van der Waals surface area contributed by atoms with E-state index in [4.69, 9.17) is 11.6 Å². The van der Waals surface area contributed by atoms with E-state index < -0.39 is 11.2 Å². The number of imidazole rings is 1. The van der Waals surface area contributed by atoms with Crippen LogP contribution >= 0.6 is 22.9 Å². The molecule has 29 heavy (non-hydrogen) atoms. The molecule has 1 amide bonds. The molecule has 0 bridgehead atoms. The summed E-state index contributed by atoms with van der Waals surface area (Å²) in [4.78, 5) is 16.5. The number of hydrogen-bond acceptors (Lipinski definition) is 4. The highest BCUT2D eigenvalue weighted by Crippen LogP contribution is 2.36. The third kappa shape index (κ3) is 4.79. The highest BCUT2D eigenvalue weighted by Gasteiger charge is 2.36. The lowest BCUT2D eigenvalue weighted by atomic mass is 10.1. The van der Waals surface area contributed by atoms with Crippen LogP contribution in [0.25, 0.3) is 22.3 Å². The summed E-state index contributed by atoms with van der Waals surface area (Å²) in [5.74, 6) is -0.350. The second-order valence-electron chi connectivity index (χ2n) is 6.46. The van der Waals surface area contributed by atoms with Crippen molar-refractivity contribution < 1.29 is 18.0 Å². The lowest BCUT2D eigenvalue weighted by Crippen LogP contribution is -2.30. The number of carbonyl (C=O) groups is 1. The van der Waals surface area contributed by atoms with E-state index in [-0.39, 0.29) is 22.6 Å². The van der Waals surface area contributed by atoms with Gasteiger partial charge in [0, 0.05) is 17.7 Å². The summed E-state index contributed by atoms with van der Waals surface area (Å²) in [7, 11) is 0. The van der Waals surface area contributed by atoms with Crippen molar-refractivity contribution in [3.63, 3.8) is 0 Å². The zero-order chi connectivity index (χ0) is 21.2. The SMILES string of the molecule is CCCC(C)NC(=O)/C=C/c1c(-c2ccccc2Cl)nc2sc(C(F)(F)F)nn12. The Kier molecular flexibility index (Phi) is 6.28. The van der Waals surface area contributed by atoms with Crippen LogP contribution in [-0.4, -0.2) is 26.5 Å². The lowest BCUT2D eigenvalue weighted by molar-refractivity contribution is -0.138. The Hall–Kier alpha value is -2.39. The summed E-state index contributed by atoms with van der Waals surface area (Å²) in [6, 6.07) is 6.84. The van der Waals surface area contributed by atoms with Crippen molar-refractivity contribution in [2.75, 3.05) is 0 Å². The van der Waals surface area contributed by atoms with Crippen molar-refractivity contribution >= 4 is 39.9 Å². The van der Waals surface area contributed by atoms with Gasteiger partial charge < -0.3 is 5.32 Å². The fourth-order valence-electron chi connectivity index (χ4n) is 2.83. The van der Waals surface area contributed by atoms with Crippen LogP contribution in [0.5, 0.6) is 0 Å². The fourth-order valence-corrected chi connectivity index (χ4v) is 3.83. The molecular formula is C19H18ClF3N4OS. The minimum atomic E-state index is -4.58. The van der Waals surface area contributed by atoms with E-state index in [1.807, 2.05) is 13.8 Å². The average molecular weight is 443 g/mol. The van der Waals surface area contributed by atoms with E-state index in [1.54, 1.807) is 24.3 Å². The first-order chi connectivity index (χ1) is 13.7. The van der Waals surface area contributed by atoms with Gasteiger partial charge in [-0.2, -0.15) is 13.2 Å². The summed E-state index contributed by atoms with van der Waals surface area (Å²) in [5, 5.41) is 5.84. The van der Waals surface area contributed by atoms with E-state index in [0.29, 0.717) is 27.6 Å². The second-order valence-corrected chi connectivity index (χ2v) is 7.82. The topological polar surface area (TPSA) is 59.3 Å². The maximum Gasteiger partial charge on any atom is 0.445 e. The van der Waals surface area contributed by atoms with Crippen molar-refractivity contribution in [1.29, 1.82) is 0 Å². The van der Waals surface area contributed by atoms with Gasteiger partial charge >= 0.3 is 6.18 Å². The number of rotatable bonds is 6. The summed E-state index contributed by atoms with van der Waals surface area (Å²) in [6.45, 7) is 3.90. The number of aromatic nitrogens is 3. The van der Waals surface area contributed by atoms with Crippen LogP contribution in [-0.2, 0) is 11.0 Å². The highest BCUT2D eigenvalue weighted by atomic mass is 35.5. The molecule has 3 rings (SSSR count). The molecule has 0 aliphatic carbocycles. The molecule has 2 heterocycles. The molecular weight excluding hydrogens is 425 g/mol. The maximum atomic E-state index is 13.1. The van der Waals surface area contributed by atoms with Gasteiger partial charge in [-0.15, -0.1) is 5.10 Å². The molecule has 1 N–H and O–H groups in total. The van der Waals surface area contributed by atoms with Gasteiger partial charge in [0.1, 0.15) is 5.69 Å². The molecule has 154 valence electrons. The van der Waals surface area contributed by atoms with E-state index in [1.165, 1.54) is 12.2 Å². The van der Waals surface area contributed by atoms with Crippen LogP contribution in [0.2, 0.25) is 5.02 Å². The van der Waals surface area contributed by atoms with Crippen molar-refractivity contribution in [3.8, 4) is 11.3 Å². The predicted octanol–water partition coefficient (Wildman–Crippen LogP) is 5.45. The minimum Gasteiger partial charge on any atom is -0.350 e. The first-order valence-electron chi connectivity index (χ1n) is 8.91. The van der Waals surface area contributed by atoms with Gasteiger partial charge in [0.2, 0.25) is 15.9 Å². The van der Waals surface area contributed by atoms with Crippen molar-refractivity contribution in [2.45, 2.75) is 38.9 Å². The van der Waals surface area contributed by atoms with Gasteiger partial charge in [0.25, 0.3) is 0 Å². The Morgan fingerprint density at radius 3 is 2.76 bits per heavy atom. The molecule has 2 aromatic heterocycles. The molecule has 0 saturated carbocycles. The zero-order valence-corrected chi connectivity index (χ0v) is 17.2. The molecule has 5 nitrogen and oxygen atoms in total. The molecule has 0 spiro atoms. The van der Waals surface area contributed by atoms with Crippen LogP contribution < -0.4 is 5.32 Å². The summed E-state index contributed by atoms with van der Waals surface area (Å²) in [6.07, 6.45) is -0.161. The van der Waals surface area contributed by atoms with Gasteiger partial charge in [-0.25, -0.2) is 9.50 Å². The molecule has 0 aliphatic heterocycles. The molecule has 1 atom stereocenters. The van der Waals surface area contributed by atoms with Crippen LogP contribution in [0.15, 0.2) is 30.3 Å². The molecule has 0 radical (unpaired) electrons. The van der Waals surface area contributed by atoms with E-state index in [2.05, 4.69) is 15.4 Å². The largest absolute Gasteiger partial charge is 0.445 e. The average Bonchev–Trinajstić information content (AvgIpc) is 3.18. The van der Waals surface area contributed by atoms with Crippen LogP contribution in [0.1, 0.15) is 37.4 Å². The molecule has 3 aromatic rings. The monoisotopic (exact) mass is 442 g/mol. The maximum absolute atomic E-state index is 13.1. The van der Waals surface area contributed by atoms with E-state index >= 15 is 0 Å². The van der Waals surface area contributed by atoms with Gasteiger partial charge in [-0.1, -0.05) is 54.5 Å². The van der Waals surface area contributed by atoms with Gasteiger partial charge in [-0.05, 0) is 25.5 Å². The third-order valence-electron chi connectivity index (χ3n) is 4.11. The molecule has 1 unspecified atom stereocenters. The Balaban J connectivity index is 2.05. The van der Waals surface area contributed by atoms with Gasteiger partial charge in [0.15, 0.2) is 0 Å². The number of carbonyl (C=O) groups excluding carboxylic acids is 1. The van der Waals surface area contributed by atoms with E-state index in [9.17, 15) is 18.0 Å². The normalized spacial score (nSPS) is 13.3. The number of amides is 1. The molecule has 0 aliphatic rings. The highest BCUT2D eigenvalue weighted by molar-refractivity contribution is 7.16. The molecule has 0 saturated heterocycles. The summed E-state index contributed by atoms with van der Waals surface area (Å²) < 4.78 is 40.3. The number of benzene rings is 1. The lowest BCUT2D eigenvalue weighted by Gasteiger charge is -2.10. The zero-order valence-electron chi connectivity index (χ0n) is 15.6. The number of alkyl halides is 3. The van der Waals surface area contributed by atoms with Crippen LogP contribution in [0, 0.1) is 0 Å². The molecule has 10 heteroatoms. The number of fused-ring (bicyclic) bond motifs is 1. The molecule has 1 aromatic carbocycles. The summed E-state index contributed by atoms with van der Waals surface area (Å²) in [5.41, 5.74) is 1.15. The number of halogens is 4. The Labute approximate surface area is 174 Å². The number of nitrogens with one attached hydrogen (secondary N) is 1. The predicted molar refractivity (Wildman–Crippen MR) is 108 cm³/mol. The van der Waals surface area contributed by atoms with Crippen LogP contribution in [0.3, 0.4) is 0 Å². The fraction of sp³-hybridized carbons (Fsp3) is 0.316. The van der Waals surface area contributed by atoms with Crippen LogP contribution in [0.4, 0.5) is 13.2 Å². The molecule has 0 fully saturated rings. The van der Waals surface area contributed by atoms with Crippen molar-refractivity contribution in [2.24, 2.45) is 0 Å². The van der Waals surface area contributed by atoms with Crippen molar-refractivity contribution in [1.82, 2.24) is 19.9 Å². The smallest absolute Gasteiger partial charge is 0.350 e. The van der Waals surface area contributed by atoms with Crippen molar-refractivity contribution in [3.05, 3.63) is 46.1 Å². The summed E-state index contributed by atoms with van der Waals surface area (Å²) >= 11 is 6.68. The standard InChI is InChI=1S/C19H18ClF3N4OS/c1-3-6-11(2)24-15(28)10-9-14-16(12-7-4-5-8-13(12)20)25-18-27(14)26-17(29-18)19(21,22)23/h4-5,7-11H,3,6H2,1-2H3,(H,24,28)/b10-9+. The first-order valence-corrected chi connectivity index (χ1v) is 10.1. The minimum absolute atomic E-state index is 0.0123. The van der Waals surface area contributed by atoms with E-state index in [0.717, 1.165) is 17.4 Å². The van der Waals surface area contributed by atoms with Gasteiger partial charge in [0.05, 0.1) is 10.7 Å². The Morgan fingerprint density at radius 2 is 2.10 bits per heavy atom. The third-order valence-corrected chi connectivity index (χ3v) is 5.40. The number of nitrogens with zero attached hydrogens (tertiary/aromatic N) is 3. The Morgan fingerprint density at radius 1 is 1.38 bits per heavy atom. The Bertz CT molecular complexity index is 1060. The first kappa shape index (κ1) is 21.3. The quantitative estimate of drug-likeness (QED) is 0.516. The van der Waals surface area contributed by atoms with Gasteiger partial charge in [-0.3, -0.25) is 4.79 Å².